The van der Waals surface area contributed by atoms with Crippen molar-refractivity contribution in [2.24, 2.45) is 5.92 Å². The van der Waals surface area contributed by atoms with E-state index >= 15 is 0 Å². The van der Waals surface area contributed by atoms with Crippen LogP contribution < -0.4 is 5.32 Å². The molecule has 0 spiro atoms. The topological polar surface area (TPSA) is 33.7 Å². The summed E-state index contributed by atoms with van der Waals surface area (Å²) >= 11 is 0. The first kappa shape index (κ1) is 15.9. The lowest BCUT2D eigenvalue weighted by atomic mass is 9.98. The fraction of sp³-hybridized carbons (Fsp3) is 1.00. The molecule has 0 aromatic heterocycles. The largest absolute Gasteiger partial charge is 0.384 e. The molecule has 1 heterocycles. The number of methoxy groups -OCH3 is 2. The quantitative estimate of drug-likeness (QED) is 0.677. The minimum absolute atomic E-state index is 0.455. The molecule has 0 aromatic carbocycles. The van der Waals surface area contributed by atoms with Crippen LogP contribution in [0.5, 0.6) is 0 Å². The lowest BCUT2D eigenvalue weighted by molar-refractivity contribution is 0.0748. The highest BCUT2D eigenvalue weighted by atomic mass is 16.5. The first-order valence-electron chi connectivity index (χ1n) is 7.23. The van der Waals surface area contributed by atoms with E-state index < -0.39 is 0 Å². The van der Waals surface area contributed by atoms with Crippen molar-refractivity contribution in [2.75, 3.05) is 53.6 Å². The maximum absolute atomic E-state index is 5.30. The van der Waals surface area contributed by atoms with Crippen molar-refractivity contribution in [1.82, 2.24) is 10.2 Å². The van der Waals surface area contributed by atoms with Gasteiger partial charge in [0.2, 0.25) is 0 Å². The summed E-state index contributed by atoms with van der Waals surface area (Å²) in [6.45, 7) is 8.44. The molecule has 108 valence electrons. The molecule has 2 unspecified atom stereocenters. The van der Waals surface area contributed by atoms with Crippen LogP contribution in [0.25, 0.3) is 0 Å². The number of hydrogen-bond donors (Lipinski definition) is 1. The molecule has 1 saturated heterocycles. The molecule has 4 heteroatoms. The summed E-state index contributed by atoms with van der Waals surface area (Å²) in [5.41, 5.74) is 0. The molecule has 0 saturated carbocycles. The van der Waals surface area contributed by atoms with Crippen LogP contribution in [-0.4, -0.2) is 64.6 Å². The molecule has 1 aliphatic rings. The van der Waals surface area contributed by atoms with Gasteiger partial charge in [-0.3, -0.25) is 0 Å². The van der Waals surface area contributed by atoms with Gasteiger partial charge in [-0.05, 0) is 38.3 Å². The average molecular weight is 258 g/mol. The Morgan fingerprint density at radius 1 is 1.33 bits per heavy atom. The van der Waals surface area contributed by atoms with Crippen LogP contribution in [0, 0.1) is 5.92 Å². The second-order valence-electron chi connectivity index (χ2n) is 5.33. The molecule has 0 radical (unpaired) electrons. The zero-order valence-electron chi connectivity index (χ0n) is 12.3. The van der Waals surface area contributed by atoms with Crippen molar-refractivity contribution < 1.29 is 9.47 Å². The maximum Gasteiger partial charge on any atom is 0.0628 e. The minimum atomic E-state index is 0.455. The van der Waals surface area contributed by atoms with E-state index in [-0.39, 0.29) is 0 Å². The molecule has 1 fully saturated rings. The number of nitrogens with zero attached hydrogens (tertiary/aromatic N) is 1. The number of ether oxygens (including phenoxy) is 2. The van der Waals surface area contributed by atoms with Gasteiger partial charge in [-0.2, -0.15) is 0 Å². The van der Waals surface area contributed by atoms with Gasteiger partial charge in [-0.15, -0.1) is 0 Å². The summed E-state index contributed by atoms with van der Waals surface area (Å²) in [5, 5.41) is 3.57. The standard InChI is InChI=1S/C14H30N2O2/c1-4-7-15-14(12-18-3)10-16-8-5-6-13(9-16)11-17-2/h13-15H,4-12H2,1-3H3. The number of rotatable bonds is 9. The molecular formula is C14H30N2O2. The van der Waals surface area contributed by atoms with Crippen LogP contribution in [-0.2, 0) is 9.47 Å². The Morgan fingerprint density at radius 3 is 2.83 bits per heavy atom. The van der Waals surface area contributed by atoms with Gasteiger partial charge in [-0.25, -0.2) is 0 Å². The molecule has 4 nitrogen and oxygen atoms in total. The van der Waals surface area contributed by atoms with Crippen LogP contribution in [0.1, 0.15) is 26.2 Å². The van der Waals surface area contributed by atoms with Gasteiger partial charge in [0.1, 0.15) is 0 Å². The summed E-state index contributed by atoms with van der Waals surface area (Å²) in [6.07, 6.45) is 3.77. The van der Waals surface area contributed by atoms with E-state index in [1.54, 1.807) is 14.2 Å². The number of likely N-dealkylation sites (tertiary alicyclic amines) is 1. The summed E-state index contributed by atoms with van der Waals surface area (Å²) < 4.78 is 10.6. The van der Waals surface area contributed by atoms with Gasteiger partial charge >= 0.3 is 0 Å². The van der Waals surface area contributed by atoms with E-state index in [1.807, 2.05) is 0 Å². The first-order chi connectivity index (χ1) is 8.80. The highest BCUT2D eigenvalue weighted by molar-refractivity contribution is 4.78. The maximum atomic E-state index is 5.30. The predicted octanol–water partition coefficient (Wildman–Crippen LogP) is 1.36. The summed E-state index contributed by atoms with van der Waals surface area (Å²) in [4.78, 5) is 2.56. The van der Waals surface area contributed by atoms with E-state index in [1.165, 1.54) is 32.4 Å². The van der Waals surface area contributed by atoms with E-state index in [9.17, 15) is 0 Å². The second kappa shape index (κ2) is 9.73. The van der Waals surface area contributed by atoms with E-state index in [4.69, 9.17) is 9.47 Å². The Bertz CT molecular complexity index is 200. The lowest BCUT2D eigenvalue weighted by Crippen LogP contribution is -2.47. The van der Waals surface area contributed by atoms with Crippen LogP contribution in [0.2, 0.25) is 0 Å². The summed E-state index contributed by atoms with van der Waals surface area (Å²) in [6, 6.07) is 0.455. The van der Waals surface area contributed by atoms with Crippen LogP contribution in [0.3, 0.4) is 0 Å². The second-order valence-corrected chi connectivity index (χ2v) is 5.33. The molecule has 0 amide bonds. The van der Waals surface area contributed by atoms with Gasteiger partial charge in [0.25, 0.3) is 0 Å². The monoisotopic (exact) mass is 258 g/mol. The molecule has 2 atom stereocenters. The summed E-state index contributed by atoms with van der Waals surface area (Å²) in [5.74, 6) is 0.707. The Hall–Kier alpha value is -0.160. The molecule has 0 aliphatic carbocycles. The number of piperidine rings is 1. The fourth-order valence-electron chi connectivity index (χ4n) is 2.73. The Kier molecular flexibility index (Phi) is 8.59. The molecule has 18 heavy (non-hydrogen) atoms. The van der Waals surface area contributed by atoms with Crippen molar-refractivity contribution in [1.29, 1.82) is 0 Å². The van der Waals surface area contributed by atoms with E-state index in [0.29, 0.717) is 12.0 Å². The van der Waals surface area contributed by atoms with Gasteiger partial charge in [0.05, 0.1) is 13.2 Å². The normalized spacial score (nSPS) is 23.2. The van der Waals surface area contributed by atoms with Gasteiger partial charge in [0.15, 0.2) is 0 Å². The Labute approximate surface area is 112 Å². The van der Waals surface area contributed by atoms with Gasteiger partial charge in [0, 0.05) is 33.4 Å². The zero-order valence-corrected chi connectivity index (χ0v) is 12.3. The number of nitrogens with one attached hydrogen (secondary N) is 1. The van der Waals surface area contributed by atoms with E-state index in [2.05, 4.69) is 17.1 Å². The first-order valence-corrected chi connectivity index (χ1v) is 7.23. The molecule has 1 aliphatic heterocycles. The lowest BCUT2D eigenvalue weighted by Gasteiger charge is -2.34. The SMILES string of the molecule is CCCNC(COC)CN1CCCC(COC)C1. The Morgan fingerprint density at radius 2 is 2.17 bits per heavy atom. The summed E-state index contributed by atoms with van der Waals surface area (Å²) in [7, 11) is 3.58. The average Bonchev–Trinajstić information content (AvgIpc) is 2.37. The molecular weight excluding hydrogens is 228 g/mol. The molecule has 1 N–H and O–H groups in total. The number of hydrogen-bond acceptors (Lipinski definition) is 4. The smallest absolute Gasteiger partial charge is 0.0628 e. The van der Waals surface area contributed by atoms with Gasteiger partial charge < -0.3 is 19.7 Å². The third-order valence-corrected chi connectivity index (χ3v) is 3.53. The van der Waals surface area contributed by atoms with Crippen molar-refractivity contribution in [2.45, 2.75) is 32.2 Å². The van der Waals surface area contributed by atoms with E-state index in [0.717, 1.165) is 26.3 Å². The highest BCUT2D eigenvalue weighted by Gasteiger charge is 2.22. The minimum Gasteiger partial charge on any atom is -0.384 e. The highest BCUT2D eigenvalue weighted by Crippen LogP contribution is 2.16. The third-order valence-electron chi connectivity index (χ3n) is 3.53. The van der Waals surface area contributed by atoms with Crippen molar-refractivity contribution >= 4 is 0 Å². The Balaban J connectivity index is 2.32. The van der Waals surface area contributed by atoms with Crippen LogP contribution in [0.15, 0.2) is 0 Å². The van der Waals surface area contributed by atoms with Crippen LogP contribution >= 0.6 is 0 Å². The molecule has 1 rings (SSSR count). The molecule has 0 aromatic rings. The van der Waals surface area contributed by atoms with Crippen molar-refractivity contribution in [3.05, 3.63) is 0 Å². The zero-order chi connectivity index (χ0) is 13.2. The molecule has 0 bridgehead atoms. The van der Waals surface area contributed by atoms with Crippen LogP contribution in [0.4, 0.5) is 0 Å². The predicted molar refractivity (Wildman–Crippen MR) is 75.0 cm³/mol. The third kappa shape index (κ3) is 6.14. The van der Waals surface area contributed by atoms with Gasteiger partial charge in [-0.1, -0.05) is 6.92 Å². The van der Waals surface area contributed by atoms with Crippen molar-refractivity contribution in [3.63, 3.8) is 0 Å². The fourth-order valence-corrected chi connectivity index (χ4v) is 2.73. The van der Waals surface area contributed by atoms with Crippen molar-refractivity contribution in [3.8, 4) is 0 Å².